The Morgan fingerprint density at radius 1 is 0.818 bits per heavy atom. The number of nitrogens with zero attached hydrogens (tertiary/aromatic N) is 1. The number of carbonyl (C=O) groups is 1. The van der Waals surface area contributed by atoms with E-state index in [0.717, 1.165) is 15.4 Å². The number of hydrogen-bond acceptors (Lipinski definition) is 7. The third kappa shape index (κ3) is 5.69. The van der Waals surface area contributed by atoms with Crippen molar-refractivity contribution in [1.29, 1.82) is 0 Å². The Balaban J connectivity index is 2.02. The van der Waals surface area contributed by atoms with Gasteiger partial charge in [0.15, 0.2) is 28.8 Å². The number of piperidine rings is 1. The minimum Gasteiger partial charge on any atom is -0.493 e. The topological polar surface area (TPSA) is 57.2 Å². The number of thiocarbonyl (C=S) groups is 1. The molecule has 6 nitrogen and oxygen atoms in total. The Morgan fingerprint density at radius 2 is 1.24 bits per heavy atom. The summed E-state index contributed by atoms with van der Waals surface area (Å²) in [7, 11) is 6.35. The lowest BCUT2D eigenvalue weighted by molar-refractivity contribution is -0.113. The van der Waals surface area contributed by atoms with Crippen LogP contribution in [0.4, 0.5) is 0 Å². The average molecular weight is 486 g/mol. The molecule has 0 saturated carbocycles. The van der Waals surface area contributed by atoms with E-state index >= 15 is 0 Å². The molecule has 1 aliphatic heterocycles. The summed E-state index contributed by atoms with van der Waals surface area (Å²) in [6.45, 7) is 0.881. The molecule has 0 aromatic heterocycles. The van der Waals surface area contributed by atoms with Crippen LogP contribution in [0.15, 0.2) is 47.5 Å². The van der Waals surface area contributed by atoms with Crippen molar-refractivity contribution in [2.24, 2.45) is 0 Å². The molecule has 2 aromatic carbocycles. The first-order chi connectivity index (χ1) is 15.9. The van der Waals surface area contributed by atoms with E-state index in [4.69, 9.17) is 31.2 Å². The smallest absolute Gasteiger partial charge is 0.188 e. The maximum atomic E-state index is 13.4. The van der Waals surface area contributed by atoms with Gasteiger partial charge in [0.05, 0.1) is 28.4 Å². The van der Waals surface area contributed by atoms with Gasteiger partial charge in [-0.3, -0.25) is 4.79 Å². The fourth-order valence-electron chi connectivity index (χ4n) is 3.59. The second-order valence-electron chi connectivity index (χ2n) is 7.22. The van der Waals surface area contributed by atoms with E-state index in [1.165, 1.54) is 11.8 Å². The van der Waals surface area contributed by atoms with Crippen LogP contribution >= 0.6 is 24.0 Å². The molecule has 1 fully saturated rings. The molecule has 0 aliphatic carbocycles. The van der Waals surface area contributed by atoms with Gasteiger partial charge in [0.2, 0.25) is 0 Å². The van der Waals surface area contributed by atoms with Crippen molar-refractivity contribution in [3.63, 3.8) is 0 Å². The van der Waals surface area contributed by atoms with E-state index in [1.54, 1.807) is 28.4 Å². The highest BCUT2D eigenvalue weighted by atomic mass is 32.2. The van der Waals surface area contributed by atoms with E-state index in [-0.39, 0.29) is 5.78 Å². The minimum absolute atomic E-state index is 0.0141. The maximum absolute atomic E-state index is 13.4. The lowest BCUT2D eigenvalue weighted by Gasteiger charge is -2.31. The zero-order valence-corrected chi connectivity index (χ0v) is 21.0. The van der Waals surface area contributed by atoms with Gasteiger partial charge >= 0.3 is 0 Å². The highest BCUT2D eigenvalue weighted by Gasteiger charge is 2.27. The normalized spacial score (nSPS) is 16.2. The zero-order chi connectivity index (χ0) is 24.0. The second-order valence-corrected chi connectivity index (χ2v) is 8.66. The van der Waals surface area contributed by atoms with E-state index in [0.29, 0.717) is 47.2 Å². The fraction of sp³-hybridized carbons (Fsp3) is 0.280. The van der Waals surface area contributed by atoms with Crippen LogP contribution < -0.4 is 18.9 Å². The first kappa shape index (κ1) is 24.7. The molecule has 8 heteroatoms. The molecule has 1 saturated heterocycles. The molecule has 174 valence electrons. The standard InChI is InChI=1S/C25H27NO5S2/c1-28-20-8-6-16(12-22(20)30-3)10-18-14-26(25(32)33-5)15-19(24(18)27)11-17-7-9-21(29-2)23(13-17)31-4/h6-13H,14-15H2,1-5H3/b18-10+,19-11+. The third-order valence-corrected chi connectivity index (χ3v) is 6.60. The quantitative estimate of drug-likeness (QED) is 0.430. The summed E-state index contributed by atoms with van der Waals surface area (Å²) in [4.78, 5) is 15.4. The predicted molar refractivity (Wildman–Crippen MR) is 138 cm³/mol. The third-order valence-electron chi connectivity index (χ3n) is 5.24. The Kier molecular flexibility index (Phi) is 8.41. The largest absolute Gasteiger partial charge is 0.493 e. The number of thioether (sulfide) groups is 1. The van der Waals surface area contributed by atoms with Gasteiger partial charge in [0.25, 0.3) is 0 Å². The lowest BCUT2D eigenvalue weighted by atomic mass is 9.94. The summed E-state index contributed by atoms with van der Waals surface area (Å²) < 4.78 is 22.2. The number of carbonyl (C=O) groups excluding carboxylic acids is 1. The Hall–Kier alpha value is -2.97. The van der Waals surface area contributed by atoms with Gasteiger partial charge < -0.3 is 23.8 Å². The molecule has 0 atom stereocenters. The van der Waals surface area contributed by atoms with Crippen LogP contribution in [0.1, 0.15) is 11.1 Å². The summed E-state index contributed by atoms with van der Waals surface area (Å²) >= 11 is 7.03. The van der Waals surface area contributed by atoms with E-state index in [1.807, 2.05) is 59.7 Å². The van der Waals surface area contributed by atoms with Gasteiger partial charge in [0.1, 0.15) is 4.32 Å². The number of hydrogen-bond donors (Lipinski definition) is 0. The van der Waals surface area contributed by atoms with E-state index < -0.39 is 0 Å². The van der Waals surface area contributed by atoms with Gasteiger partial charge in [-0.1, -0.05) is 24.4 Å². The molecule has 3 rings (SSSR count). The van der Waals surface area contributed by atoms with E-state index in [2.05, 4.69) is 0 Å². The number of ketones is 1. The van der Waals surface area contributed by atoms with Crippen molar-refractivity contribution < 1.29 is 23.7 Å². The molecule has 0 bridgehead atoms. The predicted octanol–water partition coefficient (Wildman–Crippen LogP) is 4.72. The Morgan fingerprint density at radius 3 is 1.61 bits per heavy atom. The van der Waals surface area contributed by atoms with Crippen LogP contribution in [-0.4, -0.2) is 62.8 Å². The maximum Gasteiger partial charge on any atom is 0.188 e. The van der Waals surface area contributed by atoms with Crippen molar-refractivity contribution in [2.45, 2.75) is 0 Å². The molecule has 0 amide bonds. The Bertz CT molecular complexity index is 1030. The van der Waals surface area contributed by atoms with Crippen molar-refractivity contribution in [3.8, 4) is 23.0 Å². The van der Waals surface area contributed by atoms with Crippen LogP contribution in [0.5, 0.6) is 23.0 Å². The molecule has 1 aliphatic rings. The van der Waals surface area contributed by atoms with Crippen molar-refractivity contribution in [3.05, 3.63) is 58.7 Å². The second kappa shape index (κ2) is 11.2. The first-order valence-corrected chi connectivity index (χ1v) is 11.8. The van der Waals surface area contributed by atoms with E-state index in [9.17, 15) is 4.79 Å². The van der Waals surface area contributed by atoms with Gasteiger partial charge in [-0.05, 0) is 53.8 Å². The van der Waals surface area contributed by atoms with Crippen LogP contribution in [0, 0.1) is 0 Å². The Labute approximate surface area is 204 Å². The average Bonchev–Trinajstić information content (AvgIpc) is 2.85. The van der Waals surface area contributed by atoms with Gasteiger partial charge in [-0.25, -0.2) is 0 Å². The summed E-state index contributed by atoms with van der Waals surface area (Å²) in [5, 5.41) is 0. The molecular formula is C25H27NO5S2. The van der Waals surface area contributed by atoms with Crippen molar-refractivity contribution in [1.82, 2.24) is 4.90 Å². The fourth-order valence-corrected chi connectivity index (χ4v) is 4.10. The summed E-state index contributed by atoms with van der Waals surface area (Å²) in [5.41, 5.74) is 2.99. The molecule has 1 heterocycles. The molecule has 0 spiro atoms. The summed E-state index contributed by atoms with van der Waals surface area (Å²) in [6, 6.07) is 11.1. The van der Waals surface area contributed by atoms with Crippen molar-refractivity contribution in [2.75, 3.05) is 47.8 Å². The number of Topliss-reactive ketones (excluding diaryl/α,β-unsaturated/α-hetero) is 1. The van der Waals surface area contributed by atoms with Crippen molar-refractivity contribution >= 4 is 46.2 Å². The zero-order valence-electron chi connectivity index (χ0n) is 19.3. The molecule has 0 radical (unpaired) electrons. The highest BCUT2D eigenvalue weighted by molar-refractivity contribution is 8.22. The number of rotatable bonds is 6. The SMILES string of the molecule is COc1ccc(/C=C2\CN(C(=S)SC)C/C(=C\c3ccc(OC)c(OC)c3)C2=O)cc1OC. The number of likely N-dealkylation sites (tertiary alicyclic amines) is 1. The molecule has 0 unspecified atom stereocenters. The number of benzene rings is 2. The first-order valence-electron chi connectivity index (χ1n) is 10.2. The highest BCUT2D eigenvalue weighted by Crippen LogP contribution is 2.32. The summed E-state index contributed by atoms with van der Waals surface area (Å²) in [6.07, 6.45) is 5.69. The molecular weight excluding hydrogens is 458 g/mol. The van der Waals surface area contributed by atoms with Gasteiger partial charge in [-0.15, -0.1) is 11.8 Å². The molecule has 33 heavy (non-hydrogen) atoms. The minimum atomic E-state index is -0.0141. The molecule has 2 aromatic rings. The number of methoxy groups -OCH3 is 4. The van der Waals surface area contributed by atoms with Crippen LogP contribution in [0.2, 0.25) is 0 Å². The van der Waals surface area contributed by atoms with Crippen LogP contribution in [-0.2, 0) is 4.79 Å². The number of ether oxygens (including phenoxy) is 4. The van der Waals surface area contributed by atoms with Gasteiger partial charge in [0, 0.05) is 24.2 Å². The monoisotopic (exact) mass is 485 g/mol. The lowest BCUT2D eigenvalue weighted by Crippen LogP contribution is -2.39. The van der Waals surface area contributed by atoms with Gasteiger partial charge in [-0.2, -0.15) is 0 Å². The van der Waals surface area contributed by atoms with Crippen LogP contribution in [0.3, 0.4) is 0 Å². The molecule has 0 N–H and O–H groups in total. The summed E-state index contributed by atoms with van der Waals surface area (Å²) in [5.74, 6) is 2.46. The van der Waals surface area contributed by atoms with Crippen LogP contribution in [0.25, 0.3) is 12.2 Å².